The molecule has 0 saturated heterocycles. The van der Waals surface area contributed by atoms with Gasteiger partial charge in [0.15, 0.2) is 0 Å². The number of ether oxygens (including phenoxy) is 1. The topological polar surface area (TPSA) is 106 Å². The molecule has 0 unspecified atom stereocenters. The van der Waals surface area contributed by atoms with Crippen molar-refractivity contribution in [3.05, 3.63) is 82.3 Å². The summed E-state index contributed by atoms with van der Waals surface area (Å²) in [6, 6.07) is 15.8. The fourth-order valence-corrected chi connectivity index (χ4v) is 3.34. The average Bonchev–Trinajstić information content (AvgIpc) is 2.80. The van der Waals surface area contributed by atoms with Gasteiger partial charge in [-0.3, -0.25) is 4.79 Å². The summed E-state index contributed by atoms with van der Waals surface area (Å²) in [6.45, 7) is -0.665. The van der Waals surface area contributed by atoms with Crippen molar-refractivity contribution in [2.24, 2.45) is 5.73 Å². The zero-order valence-corrected chi connectivity index (χ0v) is 16.7. The van der Waals surface area contributed by atoms with Crippen LogP contribution in [0.2, 0.25) is 0 Å². The minimum absolute atomic E-state index is 0.203. The van der Waals surface area contributed by atoms with E-state index in [-0.39, 0.29) is 24.5 Å². The molecule has 0 saturated carbocycles. The van der Waals surface area contributed by atoms with Gasteiger partial charge in [0.1, 0.15) is 28.5 Å². The van der Waals surface area contributed by atoms with Crippen LogP contribution in [-0.4, -0.2) is 29.0 Å². The molecular weight excluding hydrogens is 401 g/mol. The molecule has 4 N–H and O–H groups in total. The minimum atomic E-state index is -1.07. The van der Waals surface area contributed by atoms with Crippen molar-refractivity contribution in [1.82, 2.24) is 0 Å². The third-order valence-electron chi connectivity index (χ3n) is 5.29. The quantitative estimate of drug-likeness (QED) is 0.393. The second kappa shape index (κ2) is 8.47. The largest absolute Gasteiger partial charge is 0.457 e. The molecule has 0 amide bonds. The lowest BCUT2D eigenvalue weighted by Crippen LogP contribution is -2.47. The monoisotopic (exact) mass is 423 g/mol. The van der Waals surface area contributed by atoms with E-state index in [0.717, 1.165) is 5.56 Å². The highest BCUT2D eigenvalue weighted by Crippen LogP contribution is 2.27. The van der Waals surface area contributed by atoms with Crippen LogP contribution in [0.3, 0.4) is 0 Å². The number of aryl methyl sites for hydroxylation is 1. The highest BCUT2D eigenvalue weighted by atomic mass is 19.1. The number of rotatable bonds is 7. The van der Waals surface area contributed by atoms with E-state index in [0.29, 0.717) is 46.3 Å². The van der Waals surface area contributed by atoms with Crippen molar-refractivity contribution in [1.29, 1.82) is 0 Å². The fourth-order valence-electron chi connectivity index (χ4n) is 3.34. The molecule has 0 radical (unpaired) electrons. The molecule has 31 heavy (non-hydrogen) atoms. The van der Waals surface area contributed by atoms with E-state index in [4.69, 9.17) is 14.9 Å². The van der Waals surface area contributed by atoms with Gasteiger partial charge < -0.3 is 25.1 Å². The van der Waals surface area contributed by atoms with E-state index in [1.807, 2.05) is 6.07 Å². The Hall–Kier alpha value is -3.26. The standard InChI is InChI=1S/C24H22FNO5/c25-16-2-4-17(5-3-16)30-18-6-8-22-20(12-18)23(29)19-11-15(1-7-21(19)31-22)9-10-24(26,13-27)14-28/h1-8,11-12,27-28H,9-10,13-14,26H2. The number of hydrogen-bond acceptors (Lipinski definition) is 6. The van der Waals surface area contributed by atoms with Crippen LogP contribution in [0.4, 0.5) is 4.39 Å². The normalized spacial score (nSPS) is 11.9. The van der Waals surface area contributed by atoms with E-state index >= 15 is 0 Å². The number of aliphatic hydroxyl groups excluding tert-OH is 2. The summed E-state index contributed by atoms with van der Waals surface area (Å²) < 4.78 is 24.7. The number of aliphatic hydroxyl groups is 2. The van der Waals surface area contributed by atoms with Gasteiger partial charge in [-0.25, -0.2) is 4.39 Å². The van der Waals surface area contributed by atoms with Gasteiger partial charge >= 0.3 is 0 Å². The summed E-state index contributed by atoms with van der Waals surface area (Å²) in [4.78, 5) is 13.1. The van der Waals surface area contributed by atoms with E-state index in [1.165, 1.54) is 24.3 Å². The predicted molar refractivity (Wildman–Crippen MR) is 116 cm³/mol. The maximum atomic E-state index is 13.1. The smallest absolute Gasteiger partial charge is 0.200 e. The van der Waals surface area contributed by atoms with E-state index < -0.39 is 5.54 Å². The molecule has 0 aliphatic carbocycles. The van der Waals surface area contributed by atoms with E-state index in [1.54, 1.807) is 30.3 Å². The van der Waals surface area contributed by atoms with Crippen molar-refractivity contribution in [3.63, 3.8) is 0 Å². The molecule has 4 rings (SSSR count). The summed E-state index contributed by atoms with van der Waals surface area (Å²) in [5.41, 5.74) is 6.38. The number of hydrogen-bond donors (Lipinski definition) is 3. The minimum Gasteiger partial charge on any atom is -0.457 e. The zero-order valence-electron chi connectivity index (χ0n) is 16.7. The lowest BCUT2D eigenvalue weighted by atomic mass is 9.93. The van der Waals surface area contributed by atoms with Gasteiger partial charge in [-0.2, -0.15) is 0 Å². The molecule has 0 fully saturated rings. The maximum absolute atomic E-state index is 13.1. The molecular formula is C24H22FNO5. The van der Waals surface area contributed by atoms with Crippen molar-refractivity contribution >= 4 is 21.9 Å². The van der Waals surface area contributed by atoms with Crippen LogP contribution >= 0.6 is 0 Å². The lowest BCUT2D eigenvalue weighted by Gasteiger charge is -2.24. The molecule has 4 aromatic rings. The van der Waals surface area contributed by atoms with Gasteiger partial charge in [0, 0.05) is 0 Å². The lowest BCUT2D eigenvalue weighted by molar-refractivity contribution is 0.115. The van der Waals surface area contributed by atoms with Crippen LogP contribution < -0.4 is 15.9 Å². The highest BCUT2D eigenvalue weighted by molar-refractivity contribution is 5.90. The first kappa shape index (κ1) is 21.0. The number of nitrogens with two attached hydrogens (primary N) is 1. The third-order valence-corrected chi connectivity index (χ3v) is 5.29. The third kappa shape index (κ3) is 4.44. The molecule has 7 heteroatoms. The summed E-state index contributed by atoms with van der Waals surface area (Å²) in [5, 5.41) is 19.5. The van der Waals surface area contributed by atoms with Gasteiger partial charge in [0.25, 0.3) is 0 Å². The van der Waals surface area contributed by atoms with E-state index in [2.05, 4.69) is 0 Å². The summed E-state index contributed by atoms with van der Waals surface area (Å²) in [6.07, 6.45) is 0.846. The number of fused-ring (bicyclic) bond motifs is 2. The van der Waals surface area contributed by atoms with Gasteiger partial charge in [-0.1, -0.05) is 6.07 Å². The Bertz CT molecular complexity index is 1280. The van der Waals surface area contributed by atoms with Crippen LogP contribution in [0, 0.1) is 5.82 Å². The average molecular weight is 423 g/mol. The van der Waals surface area contributed by atoms with Crippen molar-refractivity contribution in [2.75, 3.05) is 13.2 Å². The van der Waals surface area contributed by atoms with Crippen LogP contribution in [-0.2, 0) is 6.42 Å². The number of benzene rings is 3. The molecule has 0 bridgehead atoms. The molecule has 0 aliphatic rings. The first-order chi connectivity index (χ1) is 14.9. The molecule has 1 aromatic heterocycles. The summed E-state index contributed by atoms with van der Waals surface area (Å²) >= 11 is 0. The molecule has 1 heterocycles. The Morgan fingerprint density at radius 1 is 0.903 bits per heavy atom. The summed E-state index contributed by atoms with van der Waals surface area (Å²) in [5.74, 6) is 0.519. The van der Waals surface area contributed by atoms with Crippen LogP contribution in [0.5, 0.6) is 11.5 Å². The molecule has 3 aromatic carbocycles. The molecule has 0 aliphatic heterocycles. The molecule has 0 atom stereocenters. The first-order valence-corrected chi connectivity index (χ1v) is 9.84. The van der Waals surface area contributed by atoms with E-state index in [9.17, 15) is 19.4 Å². The Kier molecular flexibility index (Phi) is 5.73. The van der Waals surface area contributed by atoms with Gasteiger partial charge in [-0.05, 0) is 73.0 Å². The second-order valence-electron chi connectivity index (χ2n) is 7.65. The first-order valence-electron chi connectivity index (χ1n) is 9.84. The Balaban J connectivity index is 1.68. The van der Waals surface area contributed by atoms with Crippen LogP contribution in [0.1, 0.15) is 12.0 Å². The van der Waals surface area contributed by atoms with Crippen LogP contribution in [0.15, 0.2) is 69.9 Å². The number of halogens is 1. The Morgan fingerprint density at radius 2 is 1.52 bits per heavy atom. The van der Waals surface area contributed by atoms with Gasteiger partial charge in [0.05, 0.1) is 29.5 Å². The molecule has 6 nitrogen and oxygen atoms in total. The highest BCUT2D eigenvalue weighted by Gasteiger charge is 2.22. The second-order valence-corrected chi connectivity index (χ2v) is 7.65. The zero-order chi connectivity index (χ0) is 22.0. The van der Waals surface area contributed by atoms with Crippen molar-refractivity contribution < 1.29 is 23.8 Å². The molecule has 160 valence electrons. The van der Waals surface area contributed by atoms with Gasteiger partial charge in [-0.15, -0.1) is 0 Å². The summed E-state index contributed by atoms with van der Waals surface area (Å²) in [7, 11) is 0. The SMILES string of the molecule is NC(CO)(CO)CCc1ccc2oc3ccc(Oc4ccc(F)cc4)cc3c(=O)c2c1. The van der Waals surface area contributed by atoms with Crippen molar-refractivity contribution in [3.8, 4) is 11.5 Å². The Morgan fingerprint density at radius 3 is 2.19 bits per heavy atom. The Labute approximate surface area is 177 Å². The predicted octanol–water partition coefficient (Wildman–Crippen LogP) is 3.49. The molecule has 0 spiro atoms. The van der Waals surface area contributed by atoms with Gasteiger partial charge in [0.2, 0.25) is 5.43 Å². The van der Waals surface area contributed by atoms with Crippen molar-refractivity contribution in [2.45, 2.75) is 18.4 Å². The fraction of sp³-hybridized carbons (Fsp3) is 0.208. The maximum Gasteiger partial charge on any atom is 0.200 e. The van der Waals surface area contributed by atoms with Crippen LogP contribution in [0.25, 0.3) is 21.9 Å².